The smallest absolute Gasteiger partial charge is 0.268 e. The fourth-order valence-corrected chi connectivity index (χ4v) is 3.41. The average Bonchev–Trinajstić information content (AvgIpc) is 3.46. The normalized spacial score (nSPS) is 16.7. The minimum Gasteiger partial charge on any atom is -0.368 e. The molecule has 0 aliphatic carbocycles. The highest BCUT2D eigenvalue weighted by Crippen LogP contribution is 2.26. The van der Waals surface area contributed by atoms with Crippen LogP contribution in [0.15, 0.2) is 64.5 Å². The van der Waals surface area contributed by atoms with Crippen LogP contribution in [0.1, 0.15) is 32.2 Å². The minimum absolute atomic E-state index is 0.0381. The molecule has 0 saturated heterocycles. The van der Waals surface area contributed by atoms with Gasteiger partial charge in [0.05, 0.1) is 5.69 Å². The van der Waals surface area contributed by atoms with E-state index >= 15 is 0 Å². The van der Waals surface area contributed by atoms with Crippen molar-refractivity contribution < 1.29 is 14.1 Å². The Labute approximate surface area is 184 Å². The van der Waals surface area contributed by atoms with E-state index in [-0.39, 0.29) is 23.9 Å². The highest BCUT2D eigenvalue weighted by molar-refractivity contribution is 6.40. The van der Waals surface area contributed by atoms with E-state index < -0.39 is 23.9 Å². The van der Waals surface area contributed by atoms with Crippen LogP contribution in [0.5, 0.6) is 0 Å². The number of primary amides is 1. The van der Waals surface area contributed by atoms with Gasteiger partial charge >= 0.3 is 0 Å². The van der Waals surface area contributed by atoms with Crippen LogP contribution in [0, 0.1) is 5.92 Å². The molecule has 2 amide bonds. The molecule has 4 rings (SSSR count). The van der Waals surface area contributed by atoms with Crippen LogP contribution >= 0.6 is 0 Å². The summed E-state index contributed by atoms with van der Waals surface area (Å²) in [4.78, 5) is 33.4. The Balaban J connectivity index is 1.55. The third-order valence-electron chi connectivity index (χ3n) is 5.12. The van der Waals surface area contributed by atoms with Crippen LogP contribution in [0.4, 0.5) is 5.69 Å². The molecule has 0 saturated carbocycles. The number of nitrogens with two attached hydrogens (primary N) is 1. The number of para-hydroxylation sites is 1. The molecule has 10 heteroatoms. The Morgan fingerprint density at radius 2 is 1.88 bits per heavy atom. The van der Waals surface area contributed by atoms with E-state index in [1.165, 1.54) is 5.01 Å². The SMILES string of the molecule is CC(C)C(NC(=O)C1=NN(c2ccccc2)C(C(N)=O)C1)c1nc(-c2ccncc2)no1. The van der Waals surface area contributed by atoms with Crippen molar-refractivity contribution in [2.45, 2.75) is 32.4 Å². The molecule has 2 unspecified atom stereocenters. The van der Waals surface area contributed by atoms with Crippen LogP contribution in [0.2, 0.25) is 0 Å². The van der Waals surface area contributed by atoms with Crippen molar-refractivity contribution in [1.29, 1.82) is 0 Å². The number of amides is 2. The molecule has 3 aromatic rings. The standard InChI is InChI=1S/C22H23N7O3/c1-13(2)18(22-26-20(28-32-22)14-8-10-24-11-9-14)25-21(31)16-12-17(19(23)30)29(27-16)15-6-4-3-5-7-15/h3-11,13,17-18H,12H2,1-2H3,(H2,23,30)(H,25,31). The van der Waals surface area contributed by atoms with E-state index in [1.807, 2.05) is 32.0 Å². The third-order valence-corrected chi connectivity index (χ3v) is 5.12. The van der Waals surface area contributed by atoms with Gasteiger partial charge in [-0.25, -0.2) is 0 Å². The molecule has 1 aromatic carbocycles. The van der Waals surface area contributed by atoms with Crippen molar-refractivity contribution in [3.63, 3.8) is 0 Å². The van der Waals surface area contributed by atoms with Crippen LogP contribution in [0.25, 0.3) is 11.4 Å². The zero-order valence-electron chi connectivity index (χ0n) is 17.7. The average molecular weight is 433 g/mol. The van der Waals surface area contributed by atoms with E-state index in [2.05, 4.69) is 25.5 Å². The Hall–Kier alpha value is -4.08. The van der Waals surface area contributed by atoms with Gasteiger partial charge in [-0.05, 0) is 30.2 Å². The molecule has 0 fully saturated rings. The molecule has 1 aliphatic heterocycles. The summed E-state index contributed by atoms with van der Waals surface area (Å²) in [5, 5.41) is 12.8. The molecule has 0 radical (unpaired) electrons. The van der Waals surface area contributed by atoms with Crippen molar-refractivity contribution in [2.24, 2.45) is 16.8 Å². The molecule has 164 valence electrons. The molecule has 3 N–H and O–H groups in total. The number of carbonyl (C=O) groups excluding carboxylic acids is 2. The first-order chi connectivity index (χ1) is 15.4. The molecule has 3 heterocycles. The number of hydrazone groups is 1. The van der Waals surface area contributed by atoms with Crippen molar-refractivity contribution in [3.05, 3.63) is 60.7 Å². The van der Waals surface area contributed by atoms with E-state index in [0.29, 0.717) is 11.5 Å². The van der Waals surface area contributed by atoms with Gasteiger partial charge in [0.2, 0.25) is 17.6 Å². The molecular weight excluding hydrogens is 410 g/mol. The van der Waals surface area contributed by atoms with Gasteiger partial charge in [0.1, 0.15) is 17.8 Å². The van der Waals surface area contributed by atoms with Crippen molar-refractivity contribution >= 4 is 23.2 Å². The first kappa shape index (κ1) is 21.2. The van der Waals surface area contributed by atoms with E-state index in [1.54, 1.807) is 36.7 Å². The molecule has 0 spiro atoms. The highest BCUT2D eigenvalue weighted by Gasteiger charge is 2.36. The summed E-state index contributed by atoms with van der Waals surface area (Å²) in [6.07, 6.45) is 3.38. The lowest BCUT2D eigenvalue weighted by molar-refractivity contribution is -0.119. The van der Waals surface area contributed by atoms with Gasteiger partial charge in [-0.3, -0.25) is 19.6 Å². The van der Waals surface area contributed by atoms with E-state index in [9.17, 15) is 9.59 Å². The lowest BCUT2D eigenvalue weighted by atomic mass is 10.0. The second-order valence-corrected chi connectivity index (χ2v) is 7.74. The van der Waals surface area contributed by atoms with Gasteiger partial charge in [-0.1, -0.05) is 37.2 Å². The molecule has 1 aliphatic rings. The van der Waals surface area contributed by atoms with Crippen molar-refractivity contribution in [3.8, 4) is 11.4 Å². The van der Waals surface area contributed by atoms with E-state index in [0.717, 1.165) is 5.56 Å². The van der Waals surface area contributed by atoms with Crippen LogP contribution in [-0.4, -0.2) is 38.7 Å². The van der Waals surface area contributed by atoms with Crippen LogP contribution in [0.3, 0.4) is 0 Å². The number of anilines is 1. The number of carbonyl (C=O) groups is 2. The zero-order chi connectivity index (χ0) is 22.7. The van der Waals surface area contributed by atoms with Crippen LogP contribution < -0.4 is 16.1 Å². The van der Waals surface area contributed by atoms with Gasteiger partial charge in [0, 0.05) is 24.4 Å². The van der Waals surface area contributed by atoms with Crippen molar-refractivity contribution in [2.75, 3.05) is 5.01 Å². The summed E-state index contributed by atoms with van der Waals surface area (Å²) >= 11 is 0. The first-order valence-electron chi connectivity index (χ1n) is 10.2. The summed E-state index contributed by atoms with van der Waals surface area (Å²) in [7, 11) is 0. The molecule has 32 heavy (non-hydrogen) atoms. The summed E-state index contributed by atoms with van der Waals surface area (Å²) in [6.45, 7) is 3.86. The summed E-state index contributed by atoms with van der Waals surface area (Å²) in [5.74, 6) is -0.324. The zero-order valence-corrected chi connectivity index (χ0v) is 17.7. The van der Waals surface area contributed by atoms with Crippen LogP contribution in [-0.2, 0) is 9.59 Å². The molecule has 2 aromatic heterocycles. The number of benzene rings is 1. The van der Waals surface area contributed by atoms with Gasteiger partial charge in [-0.15, -0.1) is 0 Å². The van der Waals surface area contributed by atoms with Crippen molar-refractivity contribution in [1.82, 2.24) is 20.4 Å². The number of nitrogens with zero attached hydrogens (tertiary/aromatic N) is 5. The number of nitrogens with one attached hydrogen (secondary N) is 1. The third kappa shape index (κ3) is 4.34. The Bertz CT molecular complexity index is 1130. The predicted molar refractivity (Wildman–Crippen MR) is 117 cm³/mol. The molecule has 0 bridgehead atoms. The fourth-order valence-electron chi connectivity index (χ4n) is 3.41. The lowest BCUT2D eigenvalue weighted by Gasteiger charge is -2.20. The number of hydrogen-bond donors (Lipinski definition) is 2. The number of hydrogen-bond acceptors (Lipinski definition) is 8. The molecular formula is C22H23N7O3. The monoisotopic (exact) mass is 433 g/mol. The predicted octanol–water partition coefficient (Wildman–Crippen LogP) is 2.07. The van der Waals surface area contributed by atoms with Gasteiger partial charge in [0.25, 0.3) is 5.91 Å². The lowest BCUT2D eigenvalue weighted by Crippen LogP contribution is -2.40. The van der Waals surface area contributed by atoms with Gasteiger partial charge < -0.3 is 15.6 Å². The Kier molecular flexibility index (Phi) is 5.93. The first-order valence-corrected chi connectivity index (χ1v) is 10.2. The molecule has 2 atom stereocenters. The second kappa shape index (κ2) is 8.96. The summed E-state index contributed by atoms with van der Waals surface area (Å²) < 4.78 is 5.44. The molecule has 10 nitrogen and oxygen atoms in total. The largest absolute Gasteiger partial charge is 0.368 e. The maximum absolute atomic E-state index is 13.0. The maximum atomic E-state index is 13.0. The maximum Gasteiger partial charge on any atom is 0.268 e. The number of aromatic nitrogens is 3. The minimum atomic E-state index is -0.739. The topological polar surface area (TPSA) is 140 Å². The highest BCUT2D eigenvalue weighted by atomic mass is 16.5. The Morgan fingerprint density at radius 3 is 2.53 bits per heavy atom. The van der Waals surface area contributed by atoms with Gasteiger partial charge in [0.15, 0.2) is 0 Å². The number of pyridine rings is 1. The van der Waals surface area contributed by atoms with Gasteiger partial charge in [-0.2, -0.15) is 10.1 Å². The Morgan fingerprint density at radius 1 is 1.16 bits per heavy atom. The van der Waals surface area contributed by atoms with E-state index in [4.69, 9.17) is 10.3 Å². The summed E-state index contributed by atoms with van der Waals surface area (Å²) in [5.41, 5.74) is 7.20. The quantitative estimate of drug-likeness (QED) is 0.581. The second-order valence-electron chi connectivity index (χ2n) is 7.74. The summed E-state index contributed by atoms with van der Waals surface area (Å²) in [6, 6.07) is 11.4. The number of rotatable bonds is 7. The fraction of sp³-hybridized carbons (Fsp3) is 0.273.